The van der Waals surface area contributed by atoms with E-state index in [4.69, 9.17) is 0 Å². The summed E-state index contributed by atoms with van der Waals surface area (Å²) in [6.45, 7) is 4.21. The van der Waals surface area contributed by atoms with Crippen molar-refractivity contribution in [3.8, 4) is 0 Å². The van der Waals surface area contributed by atoms with Crippen LogP contribution in [0.3, 0.4) is 0 Å². The second kappa shape index (κ2) is 6.44. The molecule has 0 spiro atoms. The highest BCUT2D eigenvalue weighted by Crippen LogP contribution is 2.30. The molecule has 2 heterocycles. The molecule has 3 heteroatoms. The lowest BCUT2D eigenvalue weighted by atomic mass is 9.88. The Morgan fingerprint density at radius 1 is 0.720 bits per heavy atom. The van der Waals surface area contributed by atoms with Gasteiger partial charge in [0.05, 0.1) is 22.6 Å². The summed E-state index contributed by atoms with van der Waals surface area (Å²) in [7, 11) is 0. The molecule has 0 saturated heterocycles. The number of carbonyl (C=O) groups excluding carboxylic acids is 1. The van der Waals surface area contributed by atoms with Crippen molar-refractivity contribution in [3.05, 3.63) is 91.1 Å². The molecule has 25 heavy (non-hydrogen) atoms. The number of fused-ring (bicyclic) bond motifs is 2. The van der Waals surface area contributed by atoms with Crippen molar-refractivity contribution in [2.45, 2.75) is 11.8 Å². The average Bonchev–Trinajstić information content (AvgIpc) is 2.68. The minimum atomic E-state index is -0.432. The Hall–Kier alpha value is -3.07. The van der Waals surface area contributed by atoms with E-state index in [9.17, 15) is 4.79 Å². The molecule has 0 aliphatic rings. The van der Waals surface area contributed by atoms with Crippen molar-refractivity contribution in [2.75, 3.05) is 0 Å². The molecule has 1 radical (unpaired) electrons. The summed E-state index contributed by atoms with van der Waals surface area (Å²) in [5.41, 5.74) is 3.31. The maximum absolute atomic E-state index is 11.8. The van der Waals surface area contributed by atoms with Crippen molar-refractivity contribution in [1.82, 2.24) is 9.97 Å². The van der Waals surface area contributed by atoms with Crippen LogP contribution in [0.2, 0.25) is 0 Å². The predicted octanol–water partition coefficient (Wildman–Crippen LogP) is 4.68. The van der Waals surface area contributed by atoms with Crippen molar-refractivity contribution in [2.24, 2.45) is 0 Å². The van der Waals surface area contributed by atoms with E-state index in [1.807, 2.05) is 72.8 Å². The van der Waals surface area contributed by atoms with Crippen LogP contribution >= 0.6 is 0 Å². The molecule has 0 saturated carbocycles. The number of aromatic nitrogens is 2. The van der Waals surface area contributed by atoms with Crippen molar-refractivity contribution in [3.63, 3.8) is 0 Å². The quantitative estimate of drug-likeness (QED) is 0.512. The molecule has 121 valence electrons. The van der Waals surface area contributed by atoms with Crippen LogP contribution in [0, 0.1) is 6.92 Å². The van der Waals surface area contributed by atoms with E-state index < -0.39 is 5.92 Å². The van der Waals surface area contributed by atoms with Gasteiger partial charge in [-0.05, 0) is 31.2 Å². The van der Waals surface area contributed by atoms with E-state index in [1.165, 1.54) is 0 Å². The van der Waals surface area contributed by atoms with E-state index in [-0.39, 0.29) is 5.92 Å². The van der Waals surface area contributed by atoms with Crippen molar-refractivity contribution >= 4 is 28.1 Å². The van der Waals surface area contributed by atoms with Gasteiger partial charge < -0.3 is 4.79 Å². The van der Waals surface area contributed by atoms with E-state index in [1.54, 1.807) is 0 Å². The third-order valence-corrected chi connectivity index (χ3v) is 4.54. The van der Waals surface area contributed by atoms with E-state index in [2.05, 4.69) is 16.9 Å². The Balaban J connectivity index is 1.73. The monoisotopic (exact) mass is 325 g/mol. The van der Waals surface area contributed by atoms with Gasteiger partial charge in [0.2, 0.25) is 0 Å². The topological polar surface area (TPSA) is 42.9 Å². The summed E-state index contributed by atoms with van der Waals surface area (Å²) in [5.74, 6) is -0.728. The summed E-state index contributed by atoms with van der Waals surface area (Å²) in [6.07, 6.45) is 0.922. The lowest BCUT2D eigenvalue weighted by Crippen LogP contribution is -2.13. The summed E-state index contributed by atoms with van der Waals surface area (Å²) < 4.78 is 0. The highest BCUT2D eigenvalue weighted by molar-refractivity contribution is 5.80. The fourth-order valence-electron chi connectivity index (χ4n) is 3.11. The van der Waals surface area contributed by atoms with Crippen LogP contribution in [0.25, 0.3) is 21.8 Å². The SMILES string of the molecule is [CH2]C(c1ccc2ccccc2n1)C(C=O)c1ccc2ccccc2n1. The van der Waals surface area contributed by atoms with Gasteiger partial charge in [-0.25, -0.2) is 0 Å². The number of hydrogen-bond acceptors (Lipinski definition) is 3. The average molecular weight is 325 g/mol. The number of rotatable bonds is 4. The standard InChI is InChI=1S/C22H17N2O/c1-15(19-12-10-16-6-2-4-8-20(16)23-19)18(14-25)22-13-11-17-7-3-5-9-21(17)24-22/h2-15,18H,1H2. The first kappa shape index (κ1) is 15.5. The van der Waals surface area contributed by atoms with Crippen LogP contribution < -0.4 is 0 Å². The third kappa shape index (κ3) is 2.89. The zero-order chi connectivity index (χ0) is 17.2. The second-order valence-electron chi connectivity index (χ2n) is 6.13. The van der Waals surface area contributed by atoms with Gasteiger partial charge in [0.25, 0.3) is 0 Å². The van der Waals surface area contributed by atoms with E-state index in [0.717, 1.165) is 39.5 Å². The Morgan fingerprint density at radius 3 is 1.84 bits per heavy atom. The first-order chi connectivity index (χ1) is 12.3. The fraction of sp³-hybridized carbons (Fsp3) is 0.0909. The number of hydrogen-bond donors (Lipinski definition) is 0. The summed E-state index contributed by atoms with van der Waals surface area (Å²) >= 11 is 0. The van der Waals surface area contributed by atoms with Gasteiger partial charge in [0, 0.05) is 22.4 Å². The number of para-hydroxylation sites is 2. The highest BCUT2D eigenvalue weighted by Gasteiger charge is 2.23. The Kier molecular flexibility index (Phi) is 3.98. The third-order valence-electron chi connectivity index (χ3n) is 4.54. The largest absolute Gasteiger partial charge is 0.303 e. The number of carbonyl (C=O) groups is 1. The van der Waals surface area contributed by atoms with E-state index >= 15 is 0 Å². The fourth-order valence-corrected chi connectivity index (χ4v) is 3.11. The van der Waals surface area contributed by atoms with Crippen molar-refractivity contribution < 1.29 is 4.79 Å². The number of nitrogens with zero attached hydrogens (tertiary/aromatic N) is 2. The molecule has 2 unspecified atom stereocenters. The van der Waals surface area contributed by atoms with Gasteiger partial charge in [0.15, 0.2) is 0 Å². The normalized spacial score (nSPS) is 13.6. The zero-order valence-corrected chi connectivity index (χ0v) is 13.7. The molecular weight excluding hydrogens is 308 g/mol. The number of benzene rings is 2. The number of pyridine rings is 2. The van der Waals surface area contributed by atoms with Crippen LogP contribution in [0.1, 0.15) is 23.2 Å². The smallest absolute Gasteiger partial charge is 0.129 e. The molecule has 2 aromatic carbocycles. The van der Waals surface area contributed by atoms with Crippen LogP contribution in [-0.2, 0) is 4.79 Å². The molecule has 4 rings (SSSR count). The molecule has 3 nitrogen and oxygen atoms in total. The molecular formula is C22H17N2O. The van der Waals surface area contributed by atoms with E-state index in [0.29, 0.717) is 0 Å². The number of aldehydes is 1. The molecule has 0 amide bonds. The molecule has 0 N–H and O–H groups in total. The predicted molar refractivity (Wildman–Crippen MR) is 100 cm³/mol. The minimum Gasteiger partial charge on any atom is -0.303 e. The van der Waals surface area contributed by atoms with Gasteiger partial charge in [-0.1, -0.05) is 48.5 Å². The van der Waals surface area contributed by atoms with Gasteiger partial charge in [0.1, 0.15) is 6.29 Å². The van der Waals surface area contributed by atoms with Gasteiger partial charge in [-0.15, -0.1) is 0 Å². The summed E-state index contributed by atoms with van der Waals surface area (Å²) in [5, 5.41) is 2.13. The maximum atomic E-state index is 11.8. The second-order valence-corrected chi connectivity index (χ2v) is 6.13. The molecule has 2 aromatic heterocycles. The Labute approximate surface area is 146 Å². The zero-order valence-electron chi connectivity index (χ0n) is 13.7. The first-order valence-electron chi connectivity index (χ1n) is 8.26. The van der Waals surface area contributed by atoms with Crippen LogP contribution in [0.15, 0.2) is 72.8 Å². The molecule has 0 bridgehead atoms. The molecule has 0 fully saturated rings. The van der Waals surface area contributed by atoms with Gasteiger partial charge in [-0.2, -0.15) is 0 Å². The molecule has 2 atom stereocenters. The van der Waals surface area contributed by atoms with Crippen molar-refractivity contribution in [1.29, 1.82) is 0 Å². The lowest BCUT2D eigenvalue weighted by molar-refractivity contribution is -0.109. The maximum Gasteiger partial charge on any atom is 0.129 e. The molecule has 0 aliphatic heterocycles. The summed E-state index contributed by atoms with van der Waals surface area (Å²) in [6, 6.07) is 23.7. The van der Waals surface area contributed by atoms with Crippen LogP contribution in [0.4, 0.5) is 0 Å². The Morgan fingerprint density at radius 2 is 1.24 bits per heavy atom. The van der Waals surface area contributed by atoms with Crippen LogP contribution in [0.5, 0.6) is 0 Å². The van der Waals surface area contributed by atoms with Gasteiger partial charge in [-0.3, -0.25) is 9.97 Å². The van der Waals surface area contributed by atoms with Gasteiger partial charge >= 0.3 is 0 Å². The lowest BCUT2D eigenvalue weighted by Gasteiger charge is -2.18. The molecule has 0 aliphatic carbocycles. The van der Waals surface area contributed by atoms with Crippen LogP contribution in [-0.4, -0.2) is 16.3 Å². The highest BCUT2D eigenvalue weighted by atomic mass is 16.1. The Bertz CT molecular complexity index is 1060. The first-order valence-corrected chi connectivity index (χ1v) is 8.26. The minimum absolute atomic E-state index is 0.296. The molecule has 4 aromatic rings. The summed E-state index contributed by atoms with van der Waals surface area (Å²) in [4.78, 5) is 21.2.